The van der Waals surface area contributed by atoms with E-state index in [1.807, 2.05) is 48.5 Å². The van der Waals surface area contributed by atoms with Crippen LogP contribution in [0.3, 0.4) is 0 Å². The molecule has 2 aliphatic rings. The molecule has 0 amide bonds. The van der Waals surface area contributed by atoms with Gasteiger partial charge in [-0.2, -0.15) is 0 Å². The lowest BCUT2D eigenvalue weighted by Crippen LogP contribution is -2.43. The van der Waals surface area contributed by atoms with Gasteiger partial charge in [-0.15, -0.1) is 0 Å². The van der Waals surface area contributed by atoms with Crippen molar-refractivity contribution in [2.24, 2.45) is 0 Å². The average Bonchev–Trinajstić information content (AvgIpc) is 2.78. The third kappa shape index (κ3) is 3.26. The molecule has 1 atom stereocenters. The molecule has 0 spiro atoms. The molecule has 3 aromatic rings. The summed E-state index contributed by atoms with van der Waals surface area (Å²) in [5.74, 6) is 0. The van der Waals surface area contributed by atoms with E-state index in [1.165, 1.54) is 5.56 Å². The molecule has 1 saturated heterocycles. The van der Waals surface area contributed by atoms with Crippen LogP contribution in [0.25, 0.3) is 10.8 Å². The van der Waals surface area contributed by atoms with Gasteiger partial charge in [0.25, 0.3) is 0 Å². The Kier molecular flexibility index (Phi) is 4.68. The molecule has 0 bridgehead atoms. The zero-order chi connectivity index (χ0) is 19.8. The fourth-order valence-corrected chi connectivity index (χ4v) is 6.24. The summed E-state index contributed by atoms with van der Waals surface area (Å²) >= 11 is 0. The smallest absolute Gasteiger partial charge is 0.199 e. The summed E-state index contributed by atoms with van der Waals surface area (Å²) in [6.45, 7) is 3.74. The molecule has 0 radical (unpaired) electrons. The Morgan fingerprint density at radius 1 is 0.862 bits per heavy atom. The van der Waals surface area contributed by atoms with Crippen LogP contribution in [0.1, 0.15) is 12.0 Å². The SMILES string of the molecule is O=S(=O)(c1ccc(N2CCNCC2)c2ccccc12)C1CCc2ccccc2N1. The second-order valence-corrected chi connectivity index (χ2v) is 9.84. The lowest BCUT2D eigenvalue weighted by Gasteiger charge is -2.31. The zero-order valence-corrected chi connectivity index (χ0v) is 17.1. The van der Waals surface area contributed by atoms with E-state index >= 15 is 0 Å². The first-order valence-corrected chi connectivity index (χ1v) is 11.7. The second kappa shape index (κ2) is 7.35. The van der Waals surface area contributed by atoms with Gasteiger partial charge in [0.1, 0.15) is 5.37 Å². The van der Waals surface area contributed by atoms with E-state index in [2.05, 4.69) is 21.6 Å². The van der Waals surface area contributed by atoms with Crippen molar-refractivity contribution >= 4 is 32.0 Å². The largest absolute Gasteiger partial charge is 0.369 e. The van der Waals surface area contributed by atoms with Crippen LogP contribution in [0.5, 0.6) is 0 Å². The number of hydrogen-bond donors (Lipinski definition) is 2. The molecule has 0 aromatic heterocycles. The van der Waals surface area contributed by atoms with Gasteiger partial charge in [0.15, 0.2) is 9.84 Å². The van der Waals surface area contributed by atoms with E-state index in [4.69, 9.17) is 0 Å². The molecular formula is C23H25N3O2S. The minimum atomic E-state index is -3.52. The fraction of sp³-hybridized carbons (Fsp3) is 0.304. The number of benzene rings is 3. The highest BCUT2D eigenvalue weighted by Gasteiger charge is 2.32. The molecule has 5 rings (SSSR count). The van der Waals surface area contributed by atoms with Gasteiger partial charge >= 0.3 is 0 Å². The number of aryl methyl sites for hydroxylation is 1. The molecule has 1 unspecified atom stereocenters. The number of nitrogens with one attached hydrogen (secondary N) is 2. The number of para-hydroxylation sites is 1. The van der Waals surface area contributed by atoms with Gasteiger partial charge in [-0.3, -0.25) is 0 Å². The Morgan fingerprint density at radius 3 is 2.41 bits per heavy atom. The van der Waals surface area contributed by atoms with Crippen molar-refractivity contribution in [2.45, 2.75) is 23.1 Å². The van der Waals surface area contributed by atoms with Crippen LogP contribution in [0.4, 0.5) is 11.4 Å². The number of hydrogen-bond acceptors (Lipinski definition) is 5. The fourth-order valence-electron chi connectivity index (χ4n) is 4.48. The first-order chi connectivity index (χ1) is 14.1. The van der Waals surface area contributed by atoms with E-state index in [0.29, 0.717) is 11.3 Å². The van der Waals surface area contributed by atoms with E-state index in [-0.39, 0.29) is 0 Å². The van der Waals surface area contributed by atoms with Crippen LogP contribution in [0.15, 0.2) is 65.6 Å². The summed E-state index contributed by atoms with van der Waals surface area (Å²) in [6, 6.07) is 19.6. The van der Waals surface area contributed by atoms with Crippen molar-refractivity contribution in [3.63, 3.8) is 0 Å². The molecule has 0 aliphatic carbocycles. The van der Waals surface area contributed by atoms with Crippen LogP contribution in [-0.4, -0.2) is 40.0 Å². The molecule has 2 heterocycles. The maximum absolute atomic E-state index is 13.6. The maximum atomic E-state index is 13.6. The zero-order valence-electron chi connectivity index (χ0n) is 16.3. The summed E-state index contributed by atoms with van der Waals surface area (Å²) in [5.41, 5.74) is 3.22. The average molecular weight is 408 g/mol. The van der Waals surface area contributed by atoms with Crippen LogP contribution in [-0.2, 0) is 16.3 Å². The lowest BCUT2D eigenvalue weighted by atomic mass is 10.0. The summed E-state index contributed by atoms with van der Waals surface area (Å²) in [5, 5.41) is 7.86. The molecule has 1 fully saturated rings. The Hall–Kier alpha value is -2.57. The molecule has 2 aliphatic heterocycles. The van der Waals surface area contributed by atoms with E-state index < -0.39 is 15.2 Å². The van der Waals surface area contributed by atoms with Crippen molar-refractivity contribution in [2.75, 3.05) is 36.4 Å². The van der Waals surface area contributed by atoms with Gasteiger partial charge in [-0.25, -0.2) is 8.42 Å². The first kappa shape index (κ1) is 18.5. The Morgan fingerprint density at radius 2 is 1.59 bits per heavy atom. The summed E-state index contributed by atoms with van der Waals surface area (Å²) in [6.07, 6.45) is 1.34. The van der Waals surface area contributed by atoms with Crippen molar-refractivity contribution in [3.05, 3.63) is 66.2 Å². The number of fused-ring (bicyclic) bond motifs is 2. The highest BCUT2D eigenvalue weighted by Crippen LogP contribution is 2.36. The van der Waals surface area contributed by atoms with Gasteiger partial charge in [0, 0.05) is 48.3 Å². The van der Waals surface area contributed by atoms with Gasteiger partial charge in [0.2, 0.25) is 0 Å². The Bertz CT molecular complexity index is 1150. The van der Waals surface area contributed by atoms with E-state index in [9.17, 15) is 8.42 Å². The van der Waals surface area contributed by atoms with Crippen molar-refractivity contribution in [1.29, 1.82) is 0 Å². The number of anilines is 2. The molecule has 0 saturated carbocycles. The van der Waals surface area contributed by atoms with Crippen molar-refractivity contribution in [1.82, 2.24) is 5.32 Å². The molecule has 3 aromatic carbocycles. The summed E-state index contributed by atoms with van der Waals surface area (Å²) in [7, 11) is -3.52. The first-order valence-electron chi connectivity index (χ1n) is 10.2. The molecule has 29 heavy (non-hydrogen) atoms. The lowest BCUT2D eigenvalue weighted by molar-refractivity contribution is 0.577. The topological polar surface area (TPSA) is 61.4 Å². The minimum absolute atomic E-state index is 0.420. The normalized spacial score (nSPS) is 19.6. The van der Waals surface area contributed by atoms with E-state index in [1.54, 1.807) is 6.07 Å². The van der Waals surface area contributed by atoms with Gasteiger partial charge in [0.05, 0.1) is 4.90 Å². The number of rotatable bonds is 3. The molecule has 5 nitrogen and oxygen atoms in total. The third-order valence-electron chi connectivity index (χ3n) is 6.01. The number of sulfone groups is 1. The molecular weight excluding hydrogens is 382 g/mol. The monoisotopic (exact) mass is 407 g/mol. The molecule has 6 heteroatoms. The Labute approximate surface area is 171 Å². The molecule has 150 valence electrons. The quantitative estimate of drug-likeness (QED) is 0.697. The van der Waals surface area contributed by atoms with Crippen LogP contribution >= 0.6 is 0 Å². The van der Waals surface area contributed by atoms with Crippen LogP contribution < -0.4 is 15.5 Å². The van der Waals surface area contributed by atoms with Gasteiger partial charge in [-0.05, 0) is 36.6 Å². The standard InChI is InChI=1S/C23H25N3O2S/c27-29(28,23-12-9-17-5-1-4-8-20(17)25-23)22-11-10-21(26-15-13-24-14-16-26)18-6-2-3-7-19(18)22/h1-8,10-11,23-25H,9,12-16H2. The minimum Gasteiger partial charge on any atom is -0.369 e. The van der Waals surface area contributed by atoms with Crippen molar-refractivity contribution < 1.29 is 8.42 Å². The maximum Gasteiger partial charge on any atom is 0.199 e. The van der Waals surface area contributed by atoms with E-state index in [0.717, 1.165) is 54.7 Å². The van der Waals surface area contributed by atoms with Gasteiger partial charge < -0.3 is 15.5 Å². The van der Waals surface area contributed by atoms with Crippen LogP contribution in [0, 0.1) is 0 Å². The summed E-state index contributed by atoms with van der Waals surface area (Å²) in [4.78, 5) is 2.76. The molecule has 2 N–H and O–H groups in total. The predicted octanol–water partition coefficient (Wildman–Crippen LogP) is 3.41. The highest BCUT2D eigenvalue weighted by molar-refractivity contribution is 7.92. The Balaban J connectivity index is 1.56. The number of piperazine rings is 1. The summed E-state index contributed by atoms with van der Waals surface area (Å²) < 4.78 is 27.2. The second-order valence-electron chi connectivity index (χ2n) is 7.74. The van der Waals surface area contributed by atoms with Crippen molar-refractivity contribution in [3.8, 4) is 0 Å². The van der Waals surface area contributed by atoms with Gasteiger partial charge in [-0.1, -0.05) is 42.5 Å². The third-order valence-corrected chi connectivity index (χ3v) is 8.08. The number of nitrogens with zero attached hydrogens (tertiary/aromatic N) is 1. The highest BCUT2D eigenvalue weighted by atomic mass is 32.2. The predicted molar refractivity (Wildman–Crippen MR) is 118 cm³/mol. The van der Waals surface area contributed by atoms with Crippen LogP contribution in [0.2, 0.25) is 0 Å².